The van der Waals surface area contributed by atoms with Gasteiger partial charge in [-0.3, -0.25) is 4.79 Å². The van der Waals surface area contributed by atoms with Gasteiger partial charge in [-0.2, -0.15) is 0 Å². The normalized spacial score (nSPS) is 25.2. The van der Waals surface area contributed by atoms with Gasteiger partial charge in [0, 0.05) is 0 Å². The molecule has 0 aliphatic carbocycles. The second kappa shape index (κ2) is 5.27. The van der Waals surface area contributed by atoms with Crippen molar-refractivity contribution in [2.75, 3.05) is 6.61 Å². The molecule has 0 spiro atoms. The van der Waals surface area contributed by atoms with E-state index in [0.29, 0.717) is 12.3 Å². The van der Waals surface area contributed by atoms with E-state index < -0.39 is 24.1 Å². The standard InChI is InChI=1S/C10H17NO5/c1-5(2)3-6(4-12)11-9(13)7-8(16-7)10(14)15/h5-8,12H,3-4H2,1-2H3,(H,11,13)(H,14,15)/t6-,7-,8-/m0/s1. The lowest BCUT2D eigenvalue weighted by molar-refractivity contribution is -0.138. The first-order chi connectivity index (χ1) is 7.45. The summed E-state index contributed by atoms with van der Waals surface area (Å²) < 4.78 is 4.70. The highest BCUT2D eigenvalue weighted by Gasteiger charge is 2.50. The maximum absolute atomic E-state index is 11.5. The van der Waals surface area contributed by atoms with Crippen LogP contribution in [0.2, 0.25) is 0 Å². The summed E-state index contributed by atoms with van der Waals surface area (Å²) in [5, 5.41) is 20.2. The fraction of sp³-hybridized carbons (Fsp3) is 0.800. The average molecular weight is 231 g/mol. The summed E-state index contributed by atoms with van der Waals surface area (Å²) in [6.45, 7) is 3.79. The van der Waals surface area contributed by atoms with Crippen LogP contribution in [0.1, 0.15) is 20.3 Å². The SMILES string of the molecule is CC(C)C[C@@H](CO)NC(=O)[C@H]1O[C@@H]1C(=O)O. The van der Waals surface area contributed by atoms with Gasteiger partial charge < -0.3 is 20.3 Å². The van der Waals surface area contributed by atoms with E-state index in [1.807, 2.05) is 13.8 Å². The topological polar surface area (TPSA) is 99.2 Å². The van der Waals surface area contributed by atoms with Crippen LogP contribution in [0, 0.1) is 5.92 Å². The van der Waals surface area contributed by atoms with E-state index in [0.717, 1.165) is 0 Å². The minimum Gasteiger partial charge on any atom is -0.479 e. The molecule has 0 unspecified atom stereocenters. The smallest absolute Gasteiger partial charge is 0.336 e. The number of hydrogen-bond donors (Lipinski definition) is 3. The lowest BCUT2D eigenvalue weighted by Gasteiger charge is -2.17. The number of carbonyl (C=O) groups excluding carboxylic acids is 1. The Labute approximate surface area is 93.6 Å². The summed E-state index contributed by atoms with van der Waals surface area (Å²) in [5.41, 5.74) is 0. The van der Waals surface area contributed by atoms with E-state index in [9.17, 15) is 9.59 Å². The third-order valence-electron chi connectivity index (χ3n) is 2.32. The molecule has 1 heterocycles. The Balaban J connectivity index is 2.36. The zero-order valence-corrected chi connectivity index (χ0v) is 9.34. The van der Waals surface area contributed by atoms with E-state index in [-0.39, 0.29) is 12.6 Å². The van der Waals surface area contributed by atoms with Crippen LogP contribution in [-0.2, 0) is 14.3 Å². The number of amides is 1. The first-order valence-corrected chi connectivity index (χ1v) is 5.25. The van der Waals surface area contributed by atoms with Gasteiger partial charge in [-0.15, -0.1) is 0 Å². The van der Waals surface area contributed by atoms with Gasteiger partial charge in [-0.1, -0.05) is 13.8 Å². The van der Waals surface area contributed by atoms with Crippen molar-refractivity contribution in [1.82, 2.24) is 5.32 Å². The first-order valence-electron chi connectivity index (χ1n) is 5.25. The molecule has 1 aliphatic rings. The van der Waals surface area contributed by atoms with Crippen LogP contribution in [0.15, 0.2) is 0 Å². The summed E-state index contributed by atoms with van der Waals surface area (Å²) >= 11 is 0. The summed E-state index contributed by atoms with van der Waals surface area (Å²) in [6.07, 6.45) is -1.29. The molecule has 3 N–H and O–H groups in total. The maximum Gasteiger partial charge on any atom is 0.336 e. The fourth-order valence-electron chi connectivity index (χ4n) is 1.53. The molecule has 3 atom stereocenters. The number of carboxylic acids is 1. The van der Waals surface area contributed by atoms with Crippen molar-refractivity contribution in [3.63, 3.8) is 0 Å². The molecule has 1 fully saturated rings. The number of rotatable bonds is 6. The zero-order valence-electron chi connectivity index (χ0n) is 9.34. The molecule has 1 rings (SSSR count). The van der Waals surface area contributed by atoms with Crippen molar-refractivity contribution in [3.8, 4) is 0 Å². The zero-order chi connectivity index (χ0) is 12.3. The second-order valence-electron chi connectivity index (χ2n) is 4.33. The highest BCUT2D eigenvalue weighted by atomic mass is 16.6. The number of carboxylic acid groups (broad SMARTS) is 1. The molecular formula is C10H17NO5. The van der Waals surface area contributed by atoms with Crippen LogP contribution in [0.5, 0.6) is 0 Å². The van der Waals surface area contributed by atoms with E-state index in [1.165, 1.54) is 0 Å². The first kappa shape index (κ1) is 12.9. The second-order valence-corrected chi connectivity index (χ2v) is 4.33. The van der Waals surface area contributed by atoms with Crippen molar-refractivity contribution < 1.29 is 24.5 Å². The maximum atomic E-state index is 11.5. The molecule has 92 valence electrons. The summed E-state index contributed by atoms with van der Waals surface area (Å²) in [7, 11) is 0. The van der Waals surface area contributed by atoms with Gasteiger partial charge in [0.05, 0.1) is 12.6 Å². The van der Waals surface area contributed by atoms with Crippen LogP contribution in [0.4, 0.5) is 0 Å². The molecule has 0 radical (unpaired) electrons. The Morgan fingerprint density at radius 2 is 2.00 bits per heavy atom. The van der Waals surface area contributed by atoms with Gasteiger partial charge in [0.25, 0.3) is 5.91 Å². The number of nitrogens with one attached hydrogen (secondary N) is 1. The molecule has 16 heavy (non-hydrogen) atoms. The average Bonchev–Trinajstić information content (AvgIpc) is 2.95. The number of aliphatic hydroxyl groups excluding tert-OH is 1. The molecule has 0 saturated carbocycles. The molecule has 6 heteroatoms. The third-order valence-corrected chi connectivity index (χ3v) is 2.32. The van der Waals surface area contributed by atoms with Gasteiger partial charge in [0.15, 0.2) is 12.2 Å². The highest BCUT2D eigenvalue weighted by Crippen LogP contribution is 2.22. The van der Waals surface area contributed by atoms with Crippen molar-refractivity contribution in [2.24, 2.45) is 5.92 Å². The number of epoxide rings is 1. The Morgan fingerprint density at radius 3 is 2.38 bits per heavy atom. The number of hydrogen-bond acceptors (Lipinski definition) is 4. The Hall–Kier alpha value is -1.14. The van der Waals surface area contributed by atoms with Gasteiger partial charge in [0.2, 0.25) is 0 Å². The van der Waals surface area contributed by atoms with Crippen LogP contribution >= 0.6 is 0 Å². The monoisotopic (exact) mass is 231 g/mol. The van der Waals surface area contributed by atoms with E-state index in [2.05, 4.69) is 5.32 Å². The quantitative estimate of drug-likeness (QED) is 0.528. The molecule has 1 amide bonds. The molecule has 1 aliphatic heterocycles. The minimum atomic E-state index is -1.13. The van der Waals surface area contributed by atoms with Gasteiger partial charge in [-0.05, 0) is 12.3 Å². The van der Waals surface area contributed by atoms with Crippen molar-refractivity contribution >= 4 is 11.9 Å². The lowest BCUT2D eigenvalue weighted by Crippen LogP contribution is -2.41. The highest BCUT2D eigenvalue weighted by molar-refractivity contribution is 5.92. The fourth-order valence-corrected chi connectivity index (χ4v) is 1.53. The summed E-state index contributed by atoms with van der Waals surface area (Å²) in [6, 6.07) is -0.342. The lowest BCUT2D eigenvalue weighted by atomic mass is 10.0. The molecule has 0 aromatic rings. The minimum absolute atomic E-state index is 0.158. The van der Waals surface area contributed by atoms with Crippen LogP contribution in [-0.4, -0.2) is 46.9 Å². The Bertz CT molecular complexity index is 278. The number of ether oxygens (including phenoxy) is 1. The predicted octanol–water partition coefficient (Wildman–Crippen LogP) is -0.638. The van der Waals surface area contributed by atoms with Crippen molar-refractivity contribution in [2.45, 2.75) is 38.5 Å². The van der Waals surface area contributed by atoms with Crippen LogP contribution < -0.4 is 5.32 Å². The van der Waals surface area contributed by atoms with E-state index >= 15 is 0 Å². The van der Waals surface area contributed by atoms with E-state index in [4.69, 9.17) is 14.9 Å². The van der Waals surface area contributed by atoms with Gasteiger partial charge in [0.1, 0.15) is 0 Å². The molecule has 0 aromatic carbocycles. The summed E-state index contributed by atoms with van der Waals surface area (Å²) in [5.74, 6) is -1.26. The van der Waals surface area contributed by atoms with Crippen molar-refractivity contribution in [3.05, 3.63) is 0 Å². The number of carbonyl (C=O) groups is 2. The van der Waals surface area contributed by atoms with Gasteiger partial charge in [-0.25, -0.2) is 4.79 Å². The molecule has 0 bridgehead atoms. The Morgan fingerprint density at radius 1 is 1.38 bits per heavy atom. The molecular weight excluding hydrogens is 214 g/mol. The van der Waals surface area contributed by atoms with E-state index in [1.54, 1.807) is 0 Å². The molecule has 0 aromatic heterocycles. The Kier molecular flexibility index (Phi) is 4.26. The molecule has 1 saturated heterocycles. The van der Waals surface area contributed by atoms with Crippen molar-refractivity contribution in [1.29, 1.82) is 0 Å². The summed E-state index contributed by atoms with van der Waals surface area (Å²) in [4.78, 5) is 21.9. The molecule has 6 nitrogen and oxygen atoms in total. The predicted molar refractivity (Wildman–Crippen MR) is 54.8 cm³/mol. The largest absolute Gasteiger partial charge is 0.479 e. The van der Waals surface area contributed by atoms with Crippen LogP contribution in [0.3, 0.4) is 0 Å². The van der Waals surface area contributed by atoms with Crippen LogP contribution in [0.25, 0.3) is 0 Å². The third kappa shape index (κ3) is 3.46. The number of aliphatic carboxylic acids is 1. The van der Waals surface area contributed by atoms with Gasteiger partial charge >= 0.3 is 5.97 Å². The number of aliphatic hydroxyl groups is 1.